The van der Waals surface area contributed by atoms with Crippen LogP contribution in [-0.4, -0.2) is 85.5 Å². The number of carbonyl (C=O) groups is 1. The van der Waals surface area contributed by atoms with E-state index < -0.39 is 0 Å². The average Bonchev–Trinajstić information content (AvgIpc) is 2.80. The van der Waals surface area contributed by atoms with Crippen LogP contribution in [0.15, 0.2) is 48.7 Å². The van der Waals surface area contributed by atoms with E-state index in [0.717, 1.165) is 63.1 Å². The number of likely N-dealkylation sites (tertiary alicyclic amines) is 1. The number of rotatable bonds is 6. The number of piperidine rings is 1. The number of anilines is 1. The number of piperazine rings is 1. The molecule has 2 saturated heterocycles. The maximum Gasteiger partial charge on any atom is 0.253 e. The third kappa shape index (κ3) is 5.83. The summed E-state index contributed by atoms with van der Waals surface area (Å²) >= 11 is 0. The Kier molecular flexibility index (Phi) is 7.20. The molecule has 1 aromatic heterocycles. The van der Waals surface area contributed by atoms with Gasteiger partial charge >= 0.3 is 0 Å². The van der Waals surface area contributed by atoms with Crippen molar-refractivity contribution in [3.63, 3.8) is 0 Å². The molecule has 1 unspecified atom stereocenters. The Morgan fingerprint density at radius 1 is 1.03 bits per heavy atom. The lowest BCUT2D eigenvalue weighted by molar-refractivity contribution is 0.0827. The summed E-state index contributed by atoms with van der Waals surface area (Å²) in [7, 11) is 3.61. The fourth-order valence-corrected chi connectivity index (χ4v) is 4.83. The van der Waals surface area contributed by atoms with Gasteiger partial charge in [0, 0.05) is 71.7 Å². The van der Waals surface area contributed by atoms with Gasteiger partial charge < -0.3 is 9.80 Å². The number of carbonyl (C=O) groups excluding carboxylic acids is 1. The van der Waals surface area contributed by atoms with Crippen LogP contribution in [0.25, 0.3) is 0 Å². The van der Waals surface area contributed by atoms with Gasteiger partial charge in [-0.3, -0.25) is 14.6 Å². The van der Waals surface area contributed by atoms with Crippen molar-refractivity contribution in [3.8, 4) is 0 Å². The molecular weight excluding hydrogens is 386 g/mol. The molecule has 1 amide bonds. The Morgan fingerprint density at radius 3 is 2.61 bits per heavy atom. The molecule has 0 N–H and O–H groups in total. The fourth-order valence-electron chi connectivity index (χ4n) is 4.83. The van der Waals surface area contributed by atoms with Crippen molar-refractivity contribution in [2.75, 3.05) is 64.8 Å². The summed E-state index contributed by atoms with van der Waals surface area (Å²) in [6, 6.07) is 14.3. The molecule has 1 atom stereocenters. The Labute approximate surface area is 186 Å². The van der Waals surface area contributed by atoms with E-state index in [-0.39, 0.29) is 5.91 Å². The van der Waals surface area contributed by atoms with Crippen molar-refractivity contribution in [1.29, 1.82) is 0 Å². The van der Waals surface area contributed by atoms with Crippen molar-refractivity contribution < 1.29 is 4.79 Å². The second kappa shape index (κ2) is 10.2. The van der Waals surface area contributed by atoms with Gasteiger partial charge in [0.2, 0.25) is 0 Å². The number of pyridine rings is 1. The average molecular weight is 422 g/mol. The van der Waals surface area contributed by atoms with Gasteiger partial charge in [0.1, 0.15) is 5.82 Å². The van der Waals surface area contributed by atoms with Crippen LogP contribution in [0.5, 0.6) is 0 Å². The first kappa shape index (κ1) is 21.8. The molecule has 2 aromatic rings. The molecule has 6 nitrogen and oxygen atoms in total. The maximum absolute atomic E-state index is 12.3. The van der Waals surface area contributed by atoms with E-state index in [1.54, 1.807) is 19.0 Å². The Balaban J connectivity index is 1.27. The van der Waals surface area contributed by atoms with E-state index >= 15 is 0 Å². The van der Waals surface area contributed by atoms with Crippen molar-refractivity contribution >= 4 is 11.7 Å². The molecule has 3 heterocycles. The number of amides is 1. The van der Waals surface area contributed by atoms with Gasteiger partial charge in [-0.25, -0.2) is 4.98 Å². The van der Waals surface area contributed by atoms with Gasteiger partial charge in [0.15, 0.2) is 0 Å². The minimum absolute atomic E-state index is 0.0724. The smallest absolute Gasteiger partial charge is 0.253 e. The zero-order valence-corrected chi connectivity index (χ0v) is 18.9. The van der Waals surface area contributed by atoms with Crippen LogP contribution in [0.1, 0.15) is 28.8 Å². The molecule has 6 heteroatoms. The molecule has 4 rings (SSSR count). The number of hydrogen-bond donors (Lipinski definition) is 0. The summed E-state index contributed by atoms with van der Waals surface area (Å²) in [6.45, 7) is 8.75. The SMILES string of the molecule is CN(C)C(=O)c1cccc(CN2CCCC(CN3CCN(c4ccccn4)CC3)C2)c1. The van der Waals surface area contributed by atoms with Gasteiger partial charge in [0.25, 0.3) is 5.91 Å². The number of aromatic nitrogens is 1. The van der Waals surface area contributed by atoms with Gasteiger partial charge in [-0.05, 0) is 55.1 Å². The zero-order valence-electron chi connectivity index (χ0n) is 18.9. The summed E-state index contributed by atoms with van der Waals surface area (Å²) in [5, 5.41) is 0. The van der Waals surface area contributed by atoms with Gasteiger partial charge in [0.05, 0.1) is 0 Å². The van der Waals surface area contributed by atoms with Crippen molar-refractivity contribution in [2.24, 2.45) is 5.92 Å². The number of hydrogen-bond acceptors (Lipinski definition) is 5. The first-order valence-corrected chi connectivity index (χ1v) is 11.5. The fraction of sp³-hybridized carbons (Fsp3) is 0.520. The summed E-state index contributed by atoms with van der Waals surface area (Å²) < 4.78 is 0. The third-order valence-electron chi connectivity index (χ3n) is 6.45. The molecule has 0 radical (unpaired) electrons. The monoisotopic (exact) mass is 421 g/mol. The molecule has 1 aromatic carbocycles. The normalized spacial score (nSPS) is 20.6. The molecule has 31 heavy (non-hydrogen) atoms. The topological polar surface area (TPSA) is 42.9 Å². The molecule has 2 aliphatic heterocycles. The maximum atomic E-state index is 12.3. The summed E-state index contributed by atoms with van der Waals surface area (Å²) in [4.78, 5) is 26.0. The minimum atomic E-state index is 0.0724. The van der Waals surface area contributed by atoms with Gasteiger partial charge in [-0.1, -0.05) is 18.2 Å². The number of benzene rings is 1. The van der Waals surface area contributed by atoms with Crippen LogP contribution < -0.4 is 4.90 Å². The van der Waals surface area contributed by atoms with Crippen LogP contribution in [0.4, 0.5) is 5.82 Å². The van der Waals surface area contributed by atoms with Gasteiger partial charge in [-0.15, -0.1) is 0 Å². The van der Waals surface area contributed by atoms with Crippen LogP contribution in [0.3, 0.4) is 0 Å². The predicted molar refractivity (Wildman–Crippen MR) is 125 cm³/mol. The highest BCUT2D eigenvalue weighted by Gasteiger charge is 2.25. The third-order valence-corrected chi connectivity index (χ3v) is 6.45. The zero-order chi connectivity index (χ0) is 21.6. The van der Waals surface area contributed by atoms with Crippen LogP contribution in [0, 0.1) is 5.92 Å². The highest BCUT2D eigenvalue weighted by molar-refractivity contribution is 5.94. The van der Waals surface area contributed by atoms with E-state index in [1.165, 1.54) is 24.9 Å². The van der Waals surface area contributed by atoms with Crippen LogP contribution >= 0.6 is 0 Å². The molecule has 0 saturated carbocycles. The molecular formula is C25H35N5O. The molecule has 166 valence electrons. The van der Waals surface area contributed by atoms with E-state index in [4.69, 9.17) is 0 Å². The highest BCUT2D eigenvalue weighted by atomic mass is 16.2. The molecule has 0 aliphatic carbocycles. The summed E-state index contributed by atoms with van der Waals surface area (Å²) in [5.41, 5.74) is 2.01. The lowest BCUT2D eigenvalue weighted by Gasteiger charge is -2.39. The minimum Gasteiger partial charge on any atom is -0.354 e. The van der Waals surface area contributed by atoms with Crippen molar-refractivity contribution in [1.82, 2.24) is 19.7 Å². The first-order chi connectivity index (χ1) is 15.1. The van der Waals surface area contributed by atoms with Crippen LogP contribution in [0.2, 0.25) is 0 Å². The molecule has 2 aliphatic rings. The van der Waals surface area contributed by atoms with Gasteiger partial charge in [-0.2, -0.15) is 0 Å². The molecule has 0 spiro atoms. The number of nitrogens with zero attached hydrogens (tertiary/aromatic N) is 5. The second-order valence-corrected chi connectivity index (χ2v) is 9.12. The Hall–Kier alpha value is -2.44. The molecule has 0 bridgehead atoms. The quantitative estimate of drug-likeness (QED) is 0.718. The van der Waals surface area contributed by atoms with Crippen LogP contribution in [-0.2, 0) is 6.54 Å². The lowest BCUT2D eigenvalue weighted by atomic mass is 9.96. The predicted octanol–water partition coefficient (Wildman–Crippen LogP) is 2.82. The second-order valence-electron chi connectivity index (χ2n) is 9.12. The Bertz CT molecular complexity index is 848. The highest BCUT2D eigenvalue weighted by Crippen LogP contribution is 2.21. The Morgan fingerprint density at radius 2 is 1.87 bits per heavy atom. The van der Waals surface area contributed by atoms with E-state index in [0.29, 0.717) is 0 Å². The van der Waals surface area contributed by atoms with Crippen molar-refractivity contribution in [3.05, 3.63) is 59.8 Å². The van der Waals surface area contributed by atoms with Crippen molar-refractivity contribution in [2.45, 2.75) is 19.4 Å². The van der Waals surface area contributed by atoms with E-state index in [2.05, 4.69) is 43.9 Å². The first-order valence-electron chi connectivity index (χ1n) is 11.5. The van der Waals surface area contributed by atoms with E-state index in [9.17, 15) is 4.79 Å². The lowest BCUT2D eigenvalue weighted by Crippen LogP contribution is -2.49. The standard InChI is InChI=1S/C25H35N5O/c1-27(2)25(31)23-9-5-7-21(17-23)18-29-12-6-8-22(20-29)19-28-13-15-30(16-14-28)24-10-3-4-11-26-24/h3-5,7,9-11,17,22H,6,8,12-16,18-20H2,1-2H3. The largest absolute Gasteiger partial charge is 0.354 e. The van der Waals surface area contributed by atoms with E-state index in [1.807, 2.05) is 24.4 Å². The molecule has 2 fully saturated rings. The summed E-state index contributed by atoms with van der Waals surface area (Å²) in [6.07, 6.45) is 4.45. The summed E-state index contributed by atoms with van der Waals surface area (Å²) in [5.74, 6) is 1.89.